The summed E-state index contributed by atoms with van der Waals surface area (Å²) in [5.74, 6) is 0.695. The Balaban J connectivity index is 0.000000431. The summed E-state index contributed by atoms with van der Waals surface area (Å²) in [6, 6.07) is 6.32. The molecule has 0 spiro atoms. The molecule has 1 saturated heterocycles. The molecular weight excluding hydrogens is 346 g/mol. The van der Waals surface area contributed by atoms with Gasteiger partial charge in [0, 0.05) is 32.1 Å². The van der Waals surface area contributed by atoms with Crippen molar-refractivity contribution in [2.24, 2.45) is 5.92 Å². The molecule has 1 fully saturated rings. The predicted molar refractivity (Wildman–Crippen MR) is 111 cm³/mol. The van der Waals surface area contributed by atoms with Crippen molar-refractivity contribution in [2.45, 2.75) is 40.0 Å². The van der Waals surface area contributed by atoms with Crippen LogP contribution in [-0.2, 0) is 15.9 Å². The highest BCUT2D eigenvalue weighted by Gasteiger charge is 2.16. The molecule has 0 saturated carbocycles. The maximum atomic E-state index is 6.09. The molecule has 3 rings (SSSR count). The van der Waals surface area contributed by atoms with Gasteiger partial charge >= 0.3 is 0 Å². The smallest absolute Gasteiger partial charge is 0.180 e. The van der Waals surface area contributed by atoms with Crippen molar-refractivity contribution in [2.75, 3.05) is 37.9 Å². The van der Waals surface area contributed by atoms with Crippen LogP contribution in [0.4, 0.5) is 10.8 Å². The molecule has 1 aliphatic heterocycles. The molecule has 144 valence electrons. The maximum Gasteiger partial charge on any atom is 0.180 e. The van der Waals surface area contributed by atoms with E-state index in [2.05, 4.69) is 17.1 Å². The lowest BCUT2D eigenvalue weighted by Crippen LogP contribution is -2.17. The SMILES string of the molecule is CCOCC.Cc1nc(N)sc1-c1cc(N)cc(CC2CCOCC2)c1. The molecule has 4 N–H and O–H groups in total. The summed E-state index contributed by atoms with van der Waals surface area (Å²) >= 11 is 1.52. The Morgan fingerprint density at radius 2 is 1.85 bits per heavy atom. The largest absolute Gasteiger partial charge is 0.399 e. The molecule has 0 amide bonds. The summed E-state index contributed by atoms with van der Waals surface area (Å²) in [7, 11) is 0. The van der Waals surface area contributed by atoms with Gasteiger partial charge in [-0.15, -0.1) is 0 Å². The third kappa shape index (κ3) is 6.27. The van der Waals surface area contributed by atoms with Gasteiger partial charge in [0.15, 0.2) is 5.13 Å². The molecule has 1 aliphatic rings. The average molecular weight is 378 g/mol. The molecule has 6 heteroatoms. The van der Waals surface area contributed by atoms with E-state index in [1.165, 1.54) is 16.9 Å². The van der Waals surface area contributed by atoms with Gasteiger partial charge in [0.2, 0.25) is 0 Å². The first-order chi connectivity index (χ1) is 12.5. The number of ether oxygens (including phenoxy) is 2. The maximum absolute atomic E-state index is 6.09. The zero-order valence-electron chi connectivity index (χ0n) is 16.1. The fraction of sp³-hybridized carbons (Fsp3) is 0.550. The van der Waals surface area contributed by atoms with Gasteiger partial charge in [0.05, 0.1) is 10.6 Å². The first-order valence-corrected chi connectivity index (χ1v) is 10.1. The monoisotopic (exact) mass is 377 g/mol. The molecule has 1 aromatic carbocycles. The number of nitrogens with two attached hydrogens (primary N) is 2. The Morgan fingerprint density at radius 1 is 1.15 bits per heavy atom. The van der Waals surface area contributed by atoms with Crippen LogP contribution < -0.4 is 11.5 Å². The number of benzene rings is 1. The van der Waals surface area contributed by atoms with Gasteiger partial charge in [0.1, 0.15) is 0 Å². The number of thiazole rings is 1. The highest BCUT2D eigenvalue weighted by molar-refractivity contribution is 7.18. The van der Waals surface area contributed by atoms with E-state index in [0.29, 0.717) is 11.0 Å². The molecule has 0 unspecified atom stereocenters. The van der Waals surface area contributed by atoms with E-state index in [1.54, 1.807) is 0 Å². The Bertz CT molecular complexity index is 680. The Labute approximate surface area is 160 Å². The fourth-order valence-corrected chi connectivity index (χ4v) is 3.96. The zero-order chi connectivity index (χ0) is 18.9. The molecule has 0 atom stereocenters. The van der Waals surface area contributed by atoms with Crippen LogP contribution in [0.5, 0.6) is 0 Å². The summed E-state index contributed by atoms with van der Waals surface area (Å²) < 4.78 is 10.3. The van der Waals surface area contributed by atoms with Gasteiger partial charge in [0.25, 0.3) is 0 Å². The van der Waals surface area contributed by atoms with Crippen LogP contribution >= 0.6 is 11.3 Å². The lowest BCUT2D eigenvalue weighted by molar-refractivity contribution is 0.0665. The summed E-state index contributed by atoms with van der Waals surface area (Å²) in [6.45, 7) is 9.41. The van der Waals surface area contributed by atoms with Crippen LogP contribution in [0, 0.1) is 12.8 Å². The van der Waals surface area contributed by atoms with Crippen molar-refractivity contribution in [3.05, 3.63) is 29.5 Å². The average Bonchev–Trinajstić information content (AvgIpc) is 2.95. The zero-order valence-corrected chi connectivity index (χ0v) is 16.9. The number of rotatable bonds is 5. The summed E-state index contributed by atoms with van der Waals surface area (Å²) in [5.41, 5.74) is 16.1. The molecule has 5 nitrogen and oxygen atoms in total. The number of anilines is 2. The van der Waals surface area contributed by atoms with E-state index < -0.39 is 0 Å². The van der Waals surface area contributed by atoms with Crippen molar-refractivity contribution in [1.29, 1.82) is 0 Å². The molecule has 2 aromatic rings. The number of aromatic nitrogens is 1. The Kier molecular flexibility index (Phi) is 8.35. The lowest BCUT2D eigenvalue weighted by atomic mass is 9.91. The van der Waals surface area contributed by atoms with E-state index in [-0.39, 0.29) is 0 Å². The van der Waals surface area contributed by atoms with E-state index in [1.807, 2.05) is 26.8 Å². The Morgan fingerprint density at radius 3 is 2.38 bits per heavy atom. The Hall–Kier alpha value is -1.63. The van der Waals surface area contributed by atoms with Crippen molar-refractivity contribution < 1.29 is 9.47 Å². The number of hydrogen-bond donors (Lipinski definition) is 2. The fourth-order valence-electron chi connectivity index (χ4n) is 3.14. The van der Waals surface area contributed by atoms with Crippen molar-refractivity contribution in [3.8, 4) is 10.4 Å². The second-order valence-electron chi connectivity index (χ2n) is 6.47. The molecular formula is C20H31N3O2S. The van der Waals surface area contributed by atoms with E-state index in [4.69, 9.17) is 20.9 Å². The molecule has 0 radical (unpaired) electrons. The predicted octanol–water partition coefficient (Wildman–Crippen LogP) is 4.29. The second-order valence-corrected chi connectivity index (χ2v) is 7.50. The van der Waals surface area contributed by atoms with Gasteiger partial charge in [-0.2, -0.15) is 0 Å². The molecule has 0 aliphatic carbocycles. The number of nitrogens with zero attached hydrogens (tertiary/aromatic N) is 1. The van der Waals surface area contributed by atoms with Gasteiger partial charge in [-0.25, -0.2) is 4.98 Å². The van der Waals surface area contributed by atoms with E-state index >= 15 is 0 Å². The second kappa shape index (κ2) is 10.5. The van der Waals surface area contributed by atoms with Crippen molar-refractivity contribution in [3.63, 3.8) is 0 Å². The van der Waals surface area contributed by atoms with Crippen LogP contribution in [0.3, 0.4) is 0 Å². The number of hydrogen-bond acceptors (Lipinski definition) is 6. The van der Waals surface area contributed by atoms with Crippen LogP contribution in [0.25, 0.3) is 10.4 Å². The van der Waals surface area contributed by atoms with Gasteiger partial charge in [-0.3, -0.25) is 0 Å². The lowest BCUT2D eigenvalue weighted by Gasteiger charge is -2.22. The minimum absolute atomic E-state index is 0.607. The molecule has 26 heavy (non-hydrogen) atoms. The van der Waals surface area contributed by atoms with Gasteiger partial charge < -0.3 is 20.9 Å². The first-order valence-electron chi connectivity index (χ1n) is 9.31. The van der Waals surface area contributed by atoms with Crippen molar-refractivity contribution in [1.82, 2.24) is 4.98 Å². The summed E-state index contributed by atoms with van der Waals surface area (Å²) in [5, 5.41) is 0.607. The number of aryl methyl sites for hydroxylation is 1. The van der Waals surface area contributed by atoms with Crippen LogP contribution in [0.15, 0.2) is 18.2 Å². The highest BCUT2D eigenvalue weighted by Crippen LogP contribution is 2.34. The van der Waals surface area contributed by atoms with Crippen LogP contribution in [0.2, 0.25) is 0 Å². The molecule has 0 bridgehead atoms. The minimum atomic E-state index is 0.607. The number of nitrogen functional groups attached to an aromatic ring is 2. The van der Waals surface area contributed by atoms with Crippen LogP contribution in [-0.4, -0.2) is 31.4 Å². The molecule has 1 aromatic heterocycles. The summed E-state index contributed by atoms with van der Waals surface area (Å²) in [4.78, 5) is 5.42. The standard InChI is InChI=1S/C16H21N3OS.C4H10O/c1-10-15(21-16(18)19-10)13-7-12(8-14(17)9-13)6-11-2-4-20-5-3-11;1-3-5-4-2/h7-9,11H,2-6,17H2,1H3,(H2,18,19);3-4H2,1-2H3. The van der Waals surface area contributed by atoms with E-state index in [0.717, 1.165) is 67.5 Å². The normalized spacial score (nSPS) is 14.7. The van der Waals surface area contributed by atoms with E-state index in [9.17, 15) is 0 Å². The van der Waals surface area contributed by atoms with Gasteiger partial charge in [-0.1, -0.05) is 17.4 Å². The minimum Gasteiger partial charge on any atom is -0.399 e. The first kappa shape index (κ1) is 20.7. The third-order valence-corrected chi connectivity index (χ3v) is 5.40. The quantitative estimate of drug-likeness (QED) is 0.759. The molecule has 2 heterocycles. The highest BCUT2D eigenvalue weighted by atomic mass is 32.1. The van der Waals surface area contributed by atoms with Crippen LogP contribution in [0.1, 0.15) is 37.9 Å². The van der Waals surface area contributed by atoms with Gasteiger partial charge in [-0.05, 0) is 69.2 Å². The van der Waals surface area contributed by atoms with Crippen molar-refractivity contribution >= 4 is 22.2 Å². The third-order valence-electron chi connectivity index (χ3n) is 4.36. The summed E-state index contributed by atoms with van der Waals surface area (Å²) in [6.07, 6.45) is 3.34. The topological polar surface area (TPSA) is 83.4 Å².